The molecule has 3 rings (SSSR count). The SMILES string of the molecule is CCc1cc2c(CNCc3cccs3)cc(=O)oc2cc1O. The van der Waals surface area contributed by atoms with Crippen LogP contribution in [0, 0.1) is 0 Å². The van der Waals surface area contributed by atoms with Crippen LogP contribution in [-0.4, -0.2) is 5.11 Å². The van der Waals surface area contributed by atoms with E-state index in [0.29, 0.717) is 12.1 Å². The zero-order chi connectivity index (χ0) is 15.5. The summed E-state index contributed by atoms with van der Waals surface area (Å²) in [4.78, 5) is 12.9. The predicted molar refractivity (Wildman–Crippen MR) is 88.4 cm³/mol. The molecule has 5 heteroatoms. The fraction of sp³-hybridized carbons (Fsp3) is 0.235. The van der Waals surface area contributed by atoms with Crippen LogP contribution in [0.2, 0.25) is 0 Å². The van der Waals surface area contributed by atoms with E-state index in [1.54, 1.807) is 11.3 Å². The van der Waals surface area contributed by atoms with Crippen molar-refractivity contribution in [2.45, 2.75) is 26.4 Å². The van der Waals surface area contributed by atoms with Gasteiger partial charge in [-0.25, -0.2) is 4.79 Å². The number of aromatic hydroxyl groups is 1. The third kappa shape index (κ3) is 3.05. The first-order valence-corrected chi connectivity index (χ1v) is 8.07. The Balaban J connectivity index is 1.91. The van der Waals surface area contributed by atoms with Crippen LogP contribution >= 0.6 is 11.3 Å². The van der Waals surface area contributed by atoms with Crippen molar-refractivity contribution in [1.82, 2.24) is 5.32 Å². The summed E-state index contributed by atoms with van der Waals surface area (Å²) in [5.74, 6) is 0.168. The van der Waals surface area contributed by atoms with Gasteiger partial charge in [0.2, 0.25) is 0 Å². The summed E-state index contributed by atoms with van der Waals surface area (Å²) < 4.78 is 5.19. The number of hydrogen-bond acceptors (Lipinski definition) is 5. The van der Waals surface area contributed by atoms with Crippen LogP contribution < -0.4 is 10.9 Å². The average molecular weight is 315 g/mol. The lowest BCUT2D eigenvalue weighted by atomic mass is 10.0. The number of rotatable bonds is 5. The standard InChI is InChI=1S/C17H17NO3S/c1-2-11-6-14-12(9-18-10-13-4-3-5-22-13)7-17(20)21-16(14)8-15(11)19/h3-8,18-19H,2,9-10H2,1H3. The molecule has 2 aromatic heterocycles. The molecule has 4 nitrogen and oxygen atoms in total. The first-order chi connectivity index (χ1) is 10.7. The molecule has 0 bridgehead atoms. The molecule has 3 aromatic rings. The molecule has 0 amide bonds. The second kappa shape index (κ2) is 6.34. The van der Waals surface area contributed by atoms with Crippen molar-refractivity contribution in [1.29, 1.82) is 0 Å². The average Bonchev–Trinajstić information content (AvgIpc) is 2.99. The van der Waals surface area contributed by atoms with Crippen molar-refractivity contribution in [3.05, 3.63) is 62.1 Å². The zero-order valence-corrected chi connectivity index (χ0v) is 13.1. The summed E-state index contributed by atoms with van der Waals surface area (Å²) in [6.45, 7) is 3.32. The molecule has 0 aliphatic carbocycles. The molecule has 2 heterocycles. The monoisotopic (exact) mass is 315 g/mol. The van der Waals surface area contributed by atoms with Gasteiger partial charge in [0.25, 0.3) is 0 Å². The van der Waals surface area contributed by atoms with Gasteiger partial charge in [-0.05, 0) is 35.1 Å². The molecule has 22 heavy (non-hydrogen) atoms. The molecule has 0 fully saturated rings. The Morgan fingerprint density at radius 2 is 2.09 bits per heavy atom. The van der Waals surface area contributed by atoms with Gasteiger partial charge in [0.15, 0.2) is 0 Å². The van der Waals surface area contributed by atoms with E-state index in [1.807, 2.05) is 24.4 Å². The van der Waals surface area contributed by atoms with Crippen molar-refractivity contribution < 1.29 is 9.52 Å². The highest BCUT2D eigenvalue weighted by atomic mass is 32.1. The van der Waals surface area contributed by atoms with Gasteiger partial charge >= 0.3 is 5.63 Å². The number of aryl methyl sites for hydroxylation is 1. The summed E-state index contributed by atoms with van der Waals surface area (Å²) in [7, 11) is 0. The third-order valence-corrected chi connectivity index (χ3v) is 4.48. The third-order valence-electron chi connectivity index (χ3n) is 3.61. The predicted octanol–water partition coefficient (Wildman–Crippen LogP) is 3.41. The number of fused-ring (bicyclic) bond motifs is 1. The van der Waals surface area contributed by atoms with E-state index >= 15 is 0 Å². The molecule has 0 radical (unpaired) electrons. The van der Waals surface area contributed by atoms with Crippen molar-refractivity contribution >= 4 is 22.3 Å². The smallest absolute Gasteiger partial charge is 0.336 e. The highest BCUT2D eigenvalue weighted by molar-refractivity contribution is 7.09. The molecule has 0 aliphatic heterocycles. The van der Waals surface area contributed by atoms with E-state index in [2.05, 4.69) is 11.4 Å². The van der Waals surface area contributed by atoms with Gasteiger partial charge in [0.05, 0.1) is 0 Å². The van der Waals surface area contributed by atoms with Gasteiger partial charge in [-0.1, -0.05) is 13.0 Å². The van der Waals surface area contributed by atoms with Crippen LogP contribution in [0.1, 0.15) is 22.9 Å². The van der Waals surface area contributed by atoms with Gasteiger partial charge < -0.3 is 14.8 Å². The minimum Gasteiger partial charge on any atom is -0.508 e. The maximum absolute atomic E-state index is 11.7. The van der Waals surface area contributed by atoms with Gasteiger partial charge in [0, 0.05) is 35.5 Å². The number of hydrogen-bond donors (Lipinski definition) is 2. The minimum absolute atomic E-state index is 0.168. The number of benzene rings is 1. The topological polar surface area (TPSA) is 62.5 Å². The summed E-state index contributed by atoms with van der Waals surface area (Å²) in [5.41, 5.74) is 1.76. The van der Waals surface area contributed by atoms with Gasteiger partial charge in [-0.3, -0.25) is 0 Å². The second-order valence-electron chi connectivity index (χ2n) is 5.10. The molecule has 0 unspecified atom stereocenters. The normalized spacial score (nSPS) is 11.1. The number of phenols is 1. The Morgan fingerprint density at radius 3 is 2.82 bits per heavy atom. The van der Waals surface area contributed by atoms with Crippen LogP contribution in [0.3, 0.4) is 0 Å². The number of phenolic OH excluding ortho intramolecular Hbond substituents is 1. The Labute approximate surface area is 132 Å². The van der Waals surface area contributed by atoms with Crippen molar-refractivity contribution in [3.8, 4) is 5.75 Å². The van der Waals surface area contributed by atoms with E-state index in [-0.39, 0.29) is 5.75 Å². The van der Waals surface area contributed by atoms with E-state index in [1.165, 1.54) is 17.0 Å². The molecule has 0 saturated carbocycles. The summed E-state index contributed by atoms with van der Waals surface area (Å²) in [6, 6.07) is 9.03. The van der Waals surface area contributed by atoms with Gasteiger partial charge in [0.1, 0.15) is 11.3 Å². The summed E-state index contributed by atoms with van der Waals surface area (Å²) >= 11 is 1.70. The number of nitrogens with one attached hydrogen (secondary N) is 1. The van der Waals surface area contributed by atoms with Crippen molar-refractivity contribution in [2.75, 3.05) is 0 Å². The Bertz CT molecular complexity index is 837. The lowest BCUT2D eigenvalue weighted by Gasteiger charge is -2.09. The molecule has 0 aliphatic rings. The van der Waals surface area contributed by atoms with Crippen LogP contribution in [0.25, 0.3) is 11.0 Å². The Morgan fingerprint density at radius 1 is 1.23 bits per heavy atom. The molecule has 1 aromatic carbocycles. The summed E-state index contributed by atoms with van der Waals surface area (Å²) in [5, 5.41) is 16.2. The molecule has 0 saturated heterocycles. The van der Waals surface area contributed by atoms with Gasteiger partial charge in [-0.2, -0.15) is 0 Å². The molecular formula is C17H17NO3S. The lowest BCUT2D eigenvalue weighted by Crippen LogP contribution is -2.14. The van der Waals surface area contributed by atoms with E-state index < -0.39 is 5.63 Å². The largest absolute Gasteiger partial charge is 0.508 e. The molecule has 0 atom stereocenters. The van der Waals surface area contributed by atoms with Crippen LogP contribution in [0.15, 0.2) is 44.9 Å². The van der Waals surface area contributed by atoms with Crippen molar-refractivity contribution in [3.63, 3.8) is 0 Å². The fourth-order valence-electron chi connectivity index (χ4n) is 2.47. The maximum Gasteiger partial charge on any atom is 0.336 e. The highest BCUT2D eigenvalue weighted by Gasteiger charge is 2.10. The van der Waals surface area contributed by atoms with Crippen LogP contribution in [0.5, 0.6) is 5.75 Å². The molecule has 2 N–H and O–H groups in total. The van der Waals surface area contributed by atoms with Gasteiger partial charge in [-0.15, -0.1) is 11.3 Å². The number of thiophene rings is 1. The molecule has 0 spiro atoms. The summed E-state index contributed by atoms with van der Waals surface area (Å²) in [6.07, 6.45) is 0.725. The fourth-order valence-corrected chi connectivity index (χ4v) is 3.14. The van der Waals surface area contributed by atoms with E-state index in [9.17, 15) is 9.90 Å². The highest BCUT2D eigenvalue weighted by Crippen LogP contribution is 2.26. The first-order valence-electron chi connectivity index (χ1n) is 7.19. The zero-order valence-electron chi connectivity index (χ0n) is 12.3. The quantitative estimate of drug-likeness (QED) is 0.708. The molecule has 114 valence electrons. The first kappa shape index (κ1) is 14.8. The van der Waals surface area contributed by atoms with E-state index in [4.69, 9.17) is 4.42 Å². The lowest BCUT2D eigenvalue weighted by molar-refractivity contribution is 0.466. The Hall–Kier alpha value is -2.11. The van der Waals surface area contributed by atoms with Crippen molar-refractivity contribution in [2.24, 2.45) is 0 Å². The van der Waals surface area contributed by atoms with E-state index in [0.717, 1.165) is 29.5 Å². The maximum atomic E-state index is 11.7. The Kier molecular flexibility index (Phi) is 4.27. The second-order valence-corrected chi connectivity index (χ2v) is 6.14. The van der Waals surface area contributed by atoms with Crippen LogP contribution in [-0.2, 0) is 19.5 Å². The minimum atomic E-state index is -0.399. The van der Waals surface area contributed by atoms with Crippen LogP contribution in [0.4, 0.5) is 0 Å². The molecular weight excluding hydrogens is 298 g/mol.